The van der Waals surface area contributed by atoms with E-state index in [-0.39, 0.29) is 6.61 Å². The number of nitrogens with one attached hydrogen (secondary N) is 1. The third-order valence-corrected chi connectivity index (χ3v) is 4.44. The first kappa shape index (κ1) is 21.4. The summed E-state index contributed by atoms with van der Waals surface area (Å²) in [5.41, 5.74) is 0. The summed E-state index contributed by atoms with van der Waals surface area (Å²) in [7, 11) is 0. The number of carbonyl (C=O) groups is 1. The van der Waals surface area contributed by atoms with Crippen molar-refractivity contribution in [2.24, 2.45) is 0 Å². The van der Waals surface area contributed by atoms with Crippen LogP contribution in [-0.2, 0) is 19.0 Å². The topological polar surface area (TPSA) is 198 Å². The molecule has 2 aliphatic heterocycles. The Morgan fingerprint density at radius 1 is 1.19 bits per heavy atom. The highest BCUT2D eigenvalue weighted by Gasteiger charge is 2.56. The van der Waals surface area contributed by atoms with E-state index in [0.29, 0.717) is 0 Å². The SMILES string of the molecule is CC(=O)N[C@@H]1[C@@H](O[C@]2(O)[C@H](O)[C@@H](O)CO[C@@H]2CO)O[C@H](CO)[C@@H](O)[C@@H]1O. The first-order valence-electron chi connectivity index (χ1n) is 8.04. The predicted molar refractivity (Wildman–Crippen MR) is 80.2 cm³/mol. The second-order valence-electron chi connectivity index (χ2n) is 6.32. The van der Waals surface area contributed by atoms with Crippen molar-refractivity contribution >= 4 is 5.91 Å². The number of hydrogen-bond donors (Lipinski definition) is 8. The highest BCUT2D eigenvalue weighted by atomic mass is 16.8. The molecule has 0 aromatic carbocycles. The van der Waals surface area contributed by atoms with E-state index in [2.05, 4.69) is 5.32 Å². The van der Waals surface area contributed by atoms with E-state index in [0.717, 1.165) is 6.92 Å². The number of rotatable bonds is 5. The molecule has 2 heterocycles. The molecule has 26 heavy (non-hydrogen) atoms. The summed E-state index contributed by atoms with van der Waals surface area (Å²) in [6.07, 6.45) is -11.1. The summed E-state index contributed by atoms with van der Waals surface area (Å²) in [6, 6.07) is -1.39. The lowest BCUT2D eigenvalue weighted by Crippen LogP contribution is -2.71. The van der Waals surface area contributed by atoms with Gasteiger partial charge in [0.1, 0.15) is 42.7 Å². The molecule has 1 amide bonds. The van der Waals surface area contributed by atoms with Crippen LogP contribution in [0.4, 0.5) is 0 Å². The maximum Gasteiger partial charge on any atom is 0.226 e. The van der Waals surface area contributed by atoms with Gasteiger partial charge in [-0.15, -0.1) is 0 Å². The van der Waals surface area contributed by atoms with Crippen LogP contribution in [0.2, 0.25) is 0 Å². The molecular weight excluding hydrogens is 358 g/mol. The third kappa shape index (κ3) is 3.99. The molecule has 12 heteroatoms. The fraction of sp³-hybridized carbons (Fsp3) is 0.929. The first-order valence-corrected chi connectivity index (χ1v) is 8.04. The van der Waals surface area contributed by atoms with Crippen LogP contribution < -0.4 is 5.32 Å². The van der Waals surface area contributed by atoms with Gasteiger partial charge < -0.3 is 55.3 Å². The molecule has 0 spiro atoms. The molecule has 0 bridgehead atoms. The van der Waals surface area contributed by atoms with E-state index in [1.165, 1.54) is 0 Å². The Bertz CT molecular complexity index is 490. The molecule has 2 saturated heterocycles. The second-order valence-corrected chi connectivity index (χ2v) is 6.32. The molecule has 2 aliphatic rings. The van der Waals surface area contributed by atoms with Gasteiger partial charge in [-0.1, -0.05) is 0 Å². The zero-order valence-electron chi connectivity index (χ0n) is 14.0. The van der Waals surface area contributed by atoms with Crippen LogP contribution in [0.3, 0.4) is 0 Å². The van der Waals surface area contributed by atoms with E-state index >= 15 is 0 Å². The van der Waals surface area contributed by atoms with Crippen LogP contribution in [0.15, 0.2) is 0 Å². The summed E-state index contributed by atoms with van der Waals surface area (Å²) < 4.78 is 15.6. The molecule has 0 aliphatic carbocycles. The monoisotopic (exact) mass is 383 g/mol. The fourth-order valence-corrected chi connectivity index (χ4v) is 2.98. The molecular formula is C14H25NO11. The highest BCUT2D eigenvalue weighted by Crippen LogP contribution is 2.32. The number of aliphatic hydroxyl groups excluding tert-OH is 6. The minimum Gasteiger partial charge on any atom is -0.394 e. The van der Waals surface area contributed by atoms with Gasteiger partial charge in [0, 0.05) is 6.92 Å². The van der Waals surface area contributed by atoms with Crippen molar-refractivity contribution in [1.82, 2.24) is 5.32 Å². The van der Waals surface area contributed by atoms with E-state index in [9.17, 15) is 40.5 Å². The predicted octanol–water partition coefficient (Wildman–Crippen LogP) is -5.25. The summed E-state index contributed by atoms with van der Waals surface area (Å²) >= 11 is 0. The van der Waals surface area contributed by atoms with Crippen molar-refractivity contribution in [3.05, 3.63) is 0 Å². The van der Waals surface area contributed by atoms with Crippen LogP contribution in [0.1, 0.15) is 6.92 Å². The lowest BCUT2D eigenvalue weighted by molar-refractivity contribution is -0.409. The molecule has 0 aromatic rings. The Morgan fingerprint density at radius 2 is 1.85 bits per heavy atom. The first-order chi connectivity index (χ1) is 12.2. The number of carbonyl (C=O) groups excluding carboxylic acids is 1. The zero-order valence-corrected chi connectivity index (χ0v) is 14.0. The Kier molecular flexibility index (Phi) is 6.90. The molecule has 0 saturated carbocycles. The van der Waals surface area contributed by atoms with E-state index in [4.69, 9.17) is 14.2 Å². The third-order valence-electron chi connectivity index (χ3n) is 4.44. The van der Waals surface area contributed by atoms with Gasteiger partial charge in [0.25, 0.3) is 0 Å². The molecule has 9 atom stereocenters. The number of hydrogen-bond acceptors (Lipinski definition) is 11. The van der Waals surface area contributed by atoms with Gasteiger partial charge >= 0.3 is 0 Å². The maximum atomic E-state index is 11.4. The van der Waals surface area contributed by atoms with Crippen LogP contribution in [0.25, 0.3) is 0 Å². The fourth-order valence-electron chi connectivity index (χ4n) is 2.98. The van der Waals surface area contributed by atoms with E-state index < -0.39 is 73.9 Å². The van der Waals surface area contributed by atoms with Crippen molar-refractivity contribution in [3.8, 4) is 0 Å². The molecule has 0 aromatic heterocycles. The van der Waals surface area contributed by atoms with Crippen LogP contribution in [0, 0.1) is 0 Å². The number of ether oxygens (including phenoxy) is 3. The molecule has 0 unspecified atom stereocenters. The van der Waals surface area contributed by atoms with Crippen LogP contribution >= 0.6 is 0 Å². The number of amides is 1. The minimum absolute atomic E-state index is 0.376. The molecule has 152 valence electrons. The molecule has 0 radical (unpaired) electrons. The van der Waals surface area contributed by atoms with Gasteiger partial charge in [-0.25, -0.2) is 0 Å². The summed E-state index contributed by atoms with van der Waals surface area (Å²) in [5.74, 6) is -3.28. The Morgan fingerprint density at radius 3 is 2.38 bits per heavy atom. The largest absolute Gasteiger partial charge is 0.394 e. The van der Waals surface area contributed by atoms with Gasteiger partial charge in [-0.05, 0) is 0 Å². The lowest BCUT2D eigenvalue weighted by Gasteiger charge is -2.49. The Hall–Kier alpha value is -0.930. The Labute approximate surface area is 148 Å². The van der Waals surface area contributed by atoms with Crippen LogP contribution in [0.5, 0.6) is 0 Å². The molecule has 8 N–H and O–H groups in total. The smallest absolute Gasteiger partial charge is 0.226 e. The summed E-state index contributed by atoms with van der Waals surface area (Å²) in [5, 5.41) is 71.6. The van der Waals surface area contributed by atoms with Gasteiger partial charge in [-0.3, -0.25) is 4.79 Å². The Balaban J connectivity index is 2.30. The summed E-state index contributed by atoms with van der Waals surface area (Å²) in [4.78, 5) is 11.4. The molecule has 2 rings (SSSR count). The average Bonchev–Trinajstić information content (AvgIpc) is 2.59. The van der Waals surface area contributed by atoms with Crippen LogP contribution in [-0.4, -0.2) is 116 Å². The van der Waals surface area contributed by atoms with Crippen molar-refractivity contribution < 1.29 is 54.8 Å². The second kappa shape index (κ2) is 8.39. The highest BCUT2D eigenvalue weighted by molar-refractivity contribution is 5.73. The minimum atomic E-state index is -2.66. The lowest BCUT2D eigenvalue weighted by atomic mass is 9.94. The van der Waals surface area contributed by atoms with E-state index in [1.807, 2.05) is 0 Å². The van der Waals surface area contributed by atoms with Crippen molar-refractivity contribution in [1.29, 1.82) is 0 Å². The quantitative estimate of drug-likeness (QED) is 0.211. The summed E-state index contributed by atoms with van der Waals surface area (Å²) in [6.45, 7) is -0.748. The maximum absolute atomic E-state index is 11.4. The number of aliphatic hydroxyl groups is 7. The molecule has 2 fully saturated rings. The standard InChI is InChI=1S/C14H25NO11/c1-5(18)15-9-11(21)10(20)7(2-16)25-13(9)26-14(23)8(3-17)24-4-6(19)12(14)22/h6-13,16-17,19-23H,2-4H2,1H3,(H,15,18)/t6-,7+,8+,9-,10+,11+,12+,13+,14-/m0/s1. The van der Waals surface area contributed by atoms with Gasteiger partial charge in [0.15, 0.2) is 6.29 Å². The van der Waals surface area contributed by atoms with Gasteiger partial charge in [-0.2, -0.15) is 0 Å². The van der Waals surface area contributed by atoms with Crippen molar-refractivity contribution in [2.45, 2.75) is 61.7 Å². The van der Waals surface area contributed by atoms with Gasteiger partial charge in [0.05, 0.1) is 19.8 Å². The van der Waals surface area contributed by atoms with Crippen molar-refractivity contribution in [2.75, 3.05) is 19.8 Å². The average molecular weight is 383 g/mol. The van der Waals surface area contributed by atoms with Crippen molar-refractivity contribution in [3.63, 3.8) is 0 Å². The zero-order chi connectivity index (χ0) is 19.6. The van der Waals surface area contributed by atoms with E-state index in [1.54, 1.807) is 0 Å². The normalized spacial score (nSPS) is 46.8. The van der Waals surface area contributed by atoms with Gasteiger partial charge in [0.2, 0.25) is 11.7 Å². The molecule has 12 nitrogen and oxygen atoms in total.